The quantitative estimate of drug-likeness (QED) is 0.202. The lowest BCUT2D eigenvalue weighted by atomic mass is 9.92. The van der Waals surface area contributed by atoms with Gasteiger partial charge in [0.1, 0.15) is 11.6 Å². The largest absolute Gasteiger partial charge is 0.314 e. The van der Waals surface area contributed by atoms with E-state index in [1.54, 1.807) is 34.9 Å². The molecule has 0 bridgehead atoms. The second kappa shape index (κ2) is 11.5. The molecule has 1 aliphatic rings. The molecule has 1 fully saturated rings. The summed E-state index contributed by atoms with van der Waals surface area (Å²) in [5.41, 5.74) is 1.25. The van der Waals surface area contributed by atoms with Gasteiger partial charge in [0.25, 0.3) is 0 Å². The normalized spacial score (nSPS) is 15.2. The van der Waals surface area contributed by atoms with Gasteiger partial charge < -0.3 is 5.32 Å². The van der Waals surface area contributed by atoms with Crippen LogP contribution >= 0.6 is 46.4 Å². The van der Waals surface area contributed by atoms with Gasteiger partial charge in [0, 0.05) is 50.1 Å². The van der Waals surface area contributed by atoms with E-state index >= 15 is 0 Å². The number of rotatable bonds is 7. The van der Waals surface area contributed by atoms with Gasteiger partial charge in [0.15, 0.2) is 0 Å². The fourth-order valence-electron chi connectivity index (χ4n) is 4.69. The molecule has 5 heterocycles. The lowest BCUT2D eigenvalue weighted by molar-refractivity contribution is 0.101. The number of nitrogens with zero attached hydrogens (tertiary/aromatic N) is 5. The first-order valence-electron chi connectivity index (χ1n) is 13.0. The molecule has 1 saturated heterocycles. The van der Waals surface area contributed by atoms with Crippen LogP contribution in [-0.4, -0.2) is 42.9 Å². The predicted molar refractivity (Wildman–Crippen MR) is 165 cm³/mol. The van der Waals surface area contributed by atoms with Crippen LogP contribution in [0.25, 0.3) is 10.2 Å². The first kappa shape index (κ1) is 26.7. The summed E-state index contributed by atoms with van der Waals surface area (Å²) >= 11 is 6.57. The zero-order chi connectivity index (χ0) is 26.8. The number of likely N-dealkylation sites (tertiary alicyclic amines) is 1. The van der Waals surface area contributed by atoms with Crippen molar-refractivity contribution in [1.82, 2.24) is 24.2 Å². The van der Waals surface area contributed by atoms with Crippen molar-refractivity contribution in [1.29, 1.82) is 0 Å². The molecule has 1 aliphatic heterocycles. The number of anilines is 2. The van der Waals surface area contributed by atoms with Gasteiger partial charge in [-0.15, -0.1) is 11.3 Å². The Morgan fingerprint density at radius 1 is 0.949 bits per heavy atom. The minimum atomic E-state index is 0.212. The van der Waals surface area contributed by atoms with Crippen LogP contribution < -0.4 is 5.32 Å². The maximum absolute atomic E-state index is 4.90. The Kier molecular flexibility index (Phi) is 7.91. The summed E-state index contributed by atoms with van der Waals surface area (Å²) in [5.74, 6) is 2.17. The molecule has 200 valence electrons. The molecular formula is C29H30N6S4. The highest BCUT2D eigenvalue weighted by Crippen LogP contribution is 2.40. The summed E-state index contributed by atoms with van der Waals surface area (Å²) in [6.07, 6.45) is 6.00. The van der Waals surface area contributed by atoms with Gasteiger partial charge in [-0.2, -0.15) is 4.37 Å². The van der Waals surface area contributed by atoms with Crippen LogP contribution in [-0.2, 0) is 0 Å². The van der Waals surface area contributed by atoms with E-state index in [0.29, 0.717) is 5.92 Å². The molecule has 6 nitrogen and oxygen atoms in total. The SMILES string of the molecule is CC(C)(C)N1CCC(c2nsc(Nc3ncc(Sc4ccnc5ccsc45)cc3Sc3ccccc3)n2)CC1. The Hall–Kier alpha value is -2.50. The summed E-state index contributed by atoms with van der Waals surface area (Å²) in [6.45, 7) is 9.04. The van der Waals surface area contributed by atoms with E-state index in [1.807, 2.05) is 18.5 Å². The maximum atomic E-state index is 4.90. The highest BCUT2D eigenvalue weighted by molar-refractivity contribution is 8.00. The van der Waals surface area contributed by atoms with Gasteiger partial charge in [0.2, 0.25) is 5.13 Å². The zero-order valence-corrected chi connectivity index (χ0v) is 25.4. The first-order chi connectivity index (χ1) is 18.9. The predicted octanol–water partition coefficient (Wildman–Crippen LogP) is 8.57. The van der Waals surface area contributed by atoms with Gasteiger partial charge in [-0.25, -0.2) is 9.97 Å². The van der Waals surface area contributed by atoms with E-state index in [1.165, 1.54) is 21.1 Å². The summed E-state index contributed by atoms with van der Waals surface area (Å²) < 4.78 is 5.95. The van der Waals surface area contributed by atoms with E-state index < -0.39 is 0 Å². The molecule has 10 heteroatoms. The lowest BCUT2D eigenvalue weighted by Crippen LogP contribution is -2.45. The van der Waals surface area contributed by atoms with Gasteiger partial charge in [-0.1, -0.05) is 41.7 Å². The van der Waals surface area contributed by atoms with E-state index in [9.17, 15) is 0 Å². The smallest absolute Gasteiger partial charge is 0.208 e. The van der Waals surface area contributed by atoms with Crippen LogP contribution in [0.3, 0.4) is 0 Å². The molecule has 39 heavy (non-hydrogen) atoms. The molecule has 5 aromatic rings. The number of piperidine rings is 1. The Labute approximate surface area is 245 Å². The molecule has 0 radical (unpaired) electrons. The minimum Gasteiger partial charge on any atom is -0.314 e. The number of hydrogen-bond acceptors (Lipinski definition) is 10. The number of hydrogen-bond donors (Lipinski definition) is 1. The molecule has 1 N–H and O–H groups in total. The molecule has 0 amide bonds. The Morgan fingerprint density at radius 3 is 2.54 bits per heavy atom. The number of benzene rings is 1. The number of pyridine rings is 2. The highest BCUT2D eigenvalue weighted by Gasteiger charge is 2.29. The topological polar surface area (TPSA) is 66.8 Å². The Bertz CT molecular complexity index is 1550. The molecule has 0 unspecified atom stereocenters. The Balaban J connectivity index is 1.22. The van der Waals surface area contributed by atoms with Crippen molar-refractivity contribution in [2.45, 2.75) is 64.7 Å². The second-order valence-electron chi connectivity index (χ2n) is 10.5. The van der Waals surface area contributed by atoms with Gasteiger partial charge in [-0.05, 0) is 82.4 Å². The Morgan fingerprint density at radius 2 is 1.74 bits per heavy atom. The monoisotopic (exact) mass is 590 g/mol. The first-order valence-corrected chi connectivity index (χ1v) is 16.3. The van der Waals surface area contributed by atoms with E-state index in [4.69, 9.17) is 14.3 Å². The average Bonchev–Trinajstić information content (AvgIpc) is 3.61. The average molecular weight is 591 g/mol. The molecule has 0 aliphatic carbocycles. The molecule has 1 aromatic carbocycles. The lowest BCUT2D eigenvalue weighted by Gasteiger charge is -2.40. The molecule has 0 spiro atoms. The molecule has 0 atom stereocenters. The highest BCUT2D eigenvalue weighted by atomic mass is 32.2. The number of thiophene rings is 1. The maximum Gasteiger partial charge on any atom is 0.208 e. The number of fused-ring (bicyclic) bond motifs is 1. The van der Waals surface area contributed by atoms with Crippen molar-refractivity contribution in [3.8, 4) is 0 Å². The van der Waals surface area contributed by atoms with Crippen molar-refractivity contribution in [3.05, 3.63) is 72.1 Å². The zero-order valence-electron chi connectivity index (χ0n) is 22.1. The molecular weight excluding hydrogens is 561 g/mol. The van der Waals surface area contributed by atoms with Crippen molar-refractivity contribution >= 4 is 67.6 Å². The fourth-order valence-corrected chi connectivity index (χ4v) is 8.23. The van der Waals surface area contributed by atoms with Gasteiger partial charge in [0.05, 0.1) is 15.1 Å². The minimum absolute atomic E-state index is 0.212. The number of nitrogens with one attached hydrogen (secondary N) is 1. The summed E-state index contributed by atoms with van der Waals surface area (Å²) in [6, 6.07) is 16.8. The van der Waals surface area contributed by atoms with Crippen LogP contribution in [0.4, 0.5) is 10.9 Å². The van der Waals surface area contributed by atoms with Gasteiger partial charge in [-0.3, -0.25) is 9.88 Å². The van der Waals surface area contributed by atoms with Crippen molar-refractivity contribution in [3.63, 3.8) is 0 Å². The van der Waals surface area contributed by atoms with Crippen LogP contribution in [0.1, 0.15) is 45.4 Å². The van der Waals surface area contributed by atoms with Gasteiger partial charge >= 0.3 is 0 Å². The van der Waals surface area contributed by atoms with E-state index in [2.05, 4.69) is 83.8 Å². The third kappa shape index (κ3) is 6.30. The van der Waals surface area contributed by atoms with Crippen LogP contribution in [0.5, 0.6) is 0 Å². The summed E-state index contributed by atoms with van der Waals surface area (Å²) in [7, 11) is 0. The van der Waals surface area contributed by atoms with Crippen LogP contribution in [0.2, 0.25) is 0 Å². The standard InChI is InChI=1S/C29H30N6S4/c1-29(2,3)35-14-10-19(11-15-35)26-32-28(39-34-26)33-27-24(37-20-7-5-4-6-8-20)17-21(18-31-27)38-23-9-13-30-22-12-16-36-25(22)23/h4-9,12-13,16-19H,10-11,14-15H2,1-3H3,(H,31,32,33,34). The van der Waals surface area contributed by atoms with E-state index in [-0.39, 0.29) is 5.54 Å². The summed E-state index contributed by atoms with van der Waals surface area (Å²) in [5, 5.41) is 6.37. The molecule has 4 aromatic heterocycles. The van der Waals surface area contributed by atoms with Crippen LogP contribution in [0, 0.1) is 0 Å². The third-order valence-electron chi connectivity index (χ3n) is 6.81. The number of aromatic nitrogens is 4. The van der Waals surface area contributed by atoms with Crippen LogP contribution in [0.15, 0.2) is 85.9 Å². The van der Waals surface area contributed by atoms with Crippen molar-refractivity contribution in [2.24, 2.45) is 0 Å². The molecule has 6 rings (SSSR count). The molecule has 0 saturated carbocycles. The van der Waals surface area contributed by atoms with E-state index in [0.717, 1.165) is 62.9 Å². The third-order valence-corrected chi connectivity index (χ3v) is 10.6. The van der Waals surface area contributed by atoms with Crippen molar-refractivity contribution < 1.29 is 0 Å². The summed E-state index contributed by atoms with van der Waals surface area (Å²) in [4.78, 5) is 21.3. The van der Waals surface area contributed by atoms with Crippen molar-refractivity contribution in [2.75, 3.05) is 18.4 Å². The fraction of sp³-hybridized carbons (Fsp3) is 0.310. The second-order valence-corrected chi connectivity index (χ2v) is 14.4.